The molecule has 0 saturated heterocycles. The number of carbonyl (C=O) groups excluding carboxylic acids is 1. The quantitative estimate of drug-likeness (QED) is 0.171. The smallest absolute Gasteiger partial charge is 0.306 e. The van der Waals surface area contributed by atoms with Gasteiger partial charge in [-0.2, -0.15) is 0 Å². The fourth-order valence-corrected chi connectivity index (χ4v) is 4.53. The number of aliphatic hydroxyl groups excluding tert-OH is 1. The molecule has 0 aliphatic rings. The molecule has 6 nitrogen and oxygen atoms in total. The Balaban J connectivity index is 1.97. The predicted molar refractivity (Wildman–Crippen MR) is 148 cm³/mol. The van der Waals surface area contributed by atoms with E-state index in [2.05, 4.69) is 19.1 Å². The number of rotatable bonds is 18. The summed E-state index contributed by atoms with van der Waals surface area (Å²) in [5, 5.41) is 20.3. The van der Waals surface area contributed by atoms with Crippen LogP contribution in [0.1, 0.15) is 101 Å². The first-order valence-corrected chi connectivity index (χ1v) is 14.1. The summed E-state index contributed by atoms with van der Waals surface area (Å²) in [5.74, 6) is -0.914. The van der Waals surface area contributed by atoms with Crippen LogP contribution in [0.4, 0.5) is 0 Å². The Kier molecular flexibility index (Phi) is 12.9. The van der Waals surface area contributed by atoms with Crippen LogP contribution in [0, 0.1) is 11.8 Å². The Hall–Kier alpha value is -2.60. The predicted octanol–water partition coefficient (Wildman–Crippen LogP) is 6.71. The number of carboxylic acid groups (broad SMARTS) is 1. The SMILES string of the molecule is CCCCCCCCc1ccc(OC(C)C(O)Cn2cc(CC(CC)C(=O)O)c(C(=O)C(C)C)c2)cc1. The van der Waals surface area contributed by atoms with E-state index in [1.807, 2.05) is 39.8 Å². The van der Waals surface area contributed by atoms with Crippen LogP contribution in [0.15, 0.2) is 36.7 Å². The van der Waals surface area contributed by atoms with E-state index in [0.717, 1.165) is 17.7 Å². The van der Waals surface area contributed by atoms with Crippen LogP contribution >= 0.6 is 0 Å². The summed E-state index contributed by atoms with van der Waals surface area (Å²) in [6, 6.07) is 8.10. The Labute approximate surface area is 223 Å². The monoisotopic (exact) mass is 513 g/mol. The molecule has 206 valence electrons. The third kappa shape index (κ3) is 9.99. The normalized spacial score (nSPS) is 13.9. The van der Waals surface area contributed by atoms with E-state index in [9.17, 15) is 19.8 Å². The molecular formula is C31H47NO5. The topological polar surface area (TPSA) is 88.8 Å². The molecule has 0 aliphatic heterocycles. The summed E-state index contributed by atoms with van der Waals surface area (Å²) < 4.78 is 7.79. The van der Waals surface area contributed by atoms with Gasteiger partial charge < -0.3 is 19.5 Å². The van der Waals surface area contributed by atoms with E-state index in [1.165, 1.54) is 44.1 Å². The second-order valence-electron chi connectivity index (χ2n) is 10.6. The Morgan fingerprint density at radius 1 is 0.946 bits per heavy atom. The number of hydrogen-bond acceptors (Lipinski definition) is 4. The van der Waals surface area contributed by atoms with E-state index >= 15 is 0 Å². The number of aromatic nitrogens is 1. The molecule has 0 saturated carbocycles. The minimum atomic E-state index is -0.863. The molecule has 1 aromatic heterocycles. The van der Waals surface area contributed by atoms with Crippen LogP contribution in [-0.2, 0) is 24.2 Å². The van der Waals surface area contributed by atoms with Crippen LogP contribution in [0.5, 0.6) is 5.75 Å². The standard InChI is InChI=1S/C31H47NO5/c1-6-8-9-10-11-12-13-24-14-16-27(17-15-24)37-23(5)29(33)21-32-19-26(18-25(7-2)31(35)36)28(20-32)30(34)22(3)4/h14-17,19-20,22-23,25,29,33H,6-13,18,21H2,1-5H3,(H,35,36). The van der Waals surface area contributed by atoms with Crippen molar-refractivity contribution in [1.82, 2.24) is 4.57 Å². The van der Waals surface area contributed by atoms with Gasteiger partial charge in [-0.25, -0.2) is 0 Å². The number of ether oxygens (including phenoxy) is 1. The van der Waals surface area contributed by atoms with Crippen molar-refractivity contribution in [3.8, 4) is 5.75 Å². The third-order valence-electron chi connectivity index (χ3n) is 7.06. The number of hydrogen-bond donors (Lipinski definition) is 2. The number of unbranched alkanes of at least 4 members (excludes halogenated alkanes) is 5. The molecule has 0 bridgehead atoms. The number of ketones is 1. The molecule has 1 heterocycles. The highest BCUT2D eigenvalue weighted by atomic mass is 16.5. The summed E-state index contributed by atoms with van der Waals surface area (Å²) in [6.07, 6.45) is 11.8. The van der Waals surface area contributed by atoms with Gasteiger partial charge >= 0.3 is 5.97 Å². The summed E-state index contributed by atoms with van der Waals surface area (Å²) >= 11 is 0. The number of carboxylic acids is 1. The molecule has 2 aromatic rings. The number of aliphatic hydroxyl groups is 1. The zero-order valence-corrected chi connectivity index (χ0v) is 23.4. The lowest BCUT2D eigenvalue weighted by Gasteiger charge is -2.21. The van der Waals surface area contributed by atoms with Crippen molar-refractivity contribution in [1.29, 1.82) is 0 Å². The number of aryl methyl sites for hydroxylation is 1. The van der Waals surface area contributed by atoms with Crippen molar-refractivity contribution in [2.24, 2.45) is 11.8 Å². The zero-order valence-electron chi connectivity index (χ0n) is 23.4. The summed E-state index contributed by atoms with van der Waals surface area (Å²) in [7, 11) is 0. The average Bonchev–Trinajstić information content (AvgIpc) is 3.26. The zero-order chi connectivity index (χ0) is 27.4. The van der Waals surface area contributed by atoms with Gasteiger partial charge in [0.25, 0.3) is 0 Å². The van der Waals surface area contributed by atoms with Crippen molar-refractivity contribution in [3.05, 3.63) is 53.3 Å². The highest BCUT2D eigenvalue weighted by Crippen LogP contribution is 2.23. The van der Waals surface area contributed by atoms with Crippen molar-refractivity contribution >= 4 is 11.8 Å². The first kappa shape index (κ1) is 30.6. The molecule has 3 atom stereocenters. The number of benzene rings is 1. The fraction of sp³-hybridized carbons (Fsp3) is 0.613. The molecule has 0 aliphatic carbocycles. The van der Waals surface area contributed by atoms with Crippen LogP contribution < -0.4 is 4.74 Å². The third-order valence-corrected chi connectivity index (χ3v) is 7.06. The van der Waals surface area contributed by atoms with Crippen molar-refractivity contribution < 1.29 is 24.5 Å². The van der Waals surface area contributed by atoms with Crippen LogP contribution in [-0.4, -0.2) is 38.7 Å². The van der Waals surface area contributed by atoms with E-state index in [-0.39, 0.29) is 18.2 Å². The van der Waals surface area contributed by atoms with Crippen molar-refractivity contribution in [2.45, 2.75) is 111 Å². The number of nitrogens with zero attached hydrogens (tertiary/aromatic N) is 1. The molecule has 0 amide bonds. The van der Waals surface area contributed by atoms with Crippen LogP contribution in [0.2, 0.25) is 0 Å². The van der Waals surface area contributed by atoms with Gasteiger partial charge in [0, 0.05) is 23.9 Å². The second kappa shape index (κ2) is 15.6. The lowest BCUT2D eigenvalue weighted by atomic mass is 9.93. The molecule has 1 aromatic carbocycles. The summed E-state index contributed by atoms with van der Waals surface area (Å²) in [5.41, 5.74) is 2.55. The second-order valence-corrected chi connectivity index (χ2v) is 10.6. The Bertz CT molecular complexity index is 962. The molecule has 2 rings (SSSR count). The number of Topliss-reactive ketones (excluding diaryl/α,β-unsaturated/α-hetero) is 1. The number of aliphatic carboxylic acids is 1. The Morgan fingerprint density at radius 2 is 1.59 bits per heavy atom. The highest BCUT2D eigenvalue weighted by Gasteiger charge is 2.24. The van der Waals surface area contributed by atoms with Gasteiger partial charge in [0.05, 0.1) is 12.5 Å². The summed E-state index contributed by atoms with van der Waals surface area (Å²) in [6.45, 7) is 9.82. The average molecular weight is 514 g/mol. The lowest BCUT2D eigenvalue weighted by molar-refractivity contribution is -0.141. The van der Waals surface area contributed by atoms with Gasteiger partial charge in [-0.1, -0.05) is 71.9 Å². The minimum Gasteiger partial charge on any atom is -0.488 e. The molecule has 3 unspecified atom stereocenters. The first-order chi connectivity index (χ1) is 17.7. The lowest BCUT2D eigenvalue weighted by Crippen LogP contribution is -2.32. The molecule has 0 fully saturated rings. The molecule has 6 heteroatoms. The van der Waals surface area contributed by atoms with Gasteiger partial charge in [-0.3, -0.25) is 9.59 Å². The van der Waals surface area contributed by atoms with Crippen LogP contribution in [0.3, 0.4) is 0 Å². The largest absolute Gasteiger partial charge is 0.488 e. The van der Waals surface area contributed by atoms with E-state index < -0.39 is 24.1 Å². The van der Waals surface area contributed by atoms with Gasteiger partial charge in [0.1, 0.15) is 18.0 Å². The van der Waals surface area contributed by atoms with Gasteiger partial charge in [-0.15, -0.1) is 0 Å². The molecular weight excluding hydrogens is 466 g/mol. The maximum atomic E-state index is 12.8. The highest BCUT2D eigenvalue weighted by molar-refractivity contribution is 5.98. The van der Waals surface area contributed by atoms with E-state index in [0.29, 0.717) is 18.4 Å². The first-order valence-electron chi connectivity index (χ1n) is 14.1. The molecule has 37 heavy (non-hydrogen) atoms. The van der Waals surface area contributed by atoms with Gasteiger partial charge in [0.2, 0.25) is 0 Å². The van der Waals surface area contributed by atoms with E-state index in [1.54, 1.807) is 17.0 Å². The van der Waals surface area contributed by atoms with Gasteiger partial charge in [0.15, 0.2) is 5.78 Å². The Morgan fingerprint density at radius 3 is 2.19 bits per heavy atom. The van der Waals surface area contributed by atoms with Crippen molar-refractivity contribution in [2.75, 3.05) is 0 Å². The minimum absolute atomic E-state index is 0.0196. The van der Waals surface area contributed by atoms with Crippen LogP contribution in [0.25, 0.3) is 0 Å². The van der Waals surface area contributed by atoms with Crippen molar-refractivity contribution in [3.63, 3.8) is 0 Å². The van der Waals surface area contributed by atoms with E-state index in [4.69, 9.17) is 4.74 Å². The maximum Gasteiger partial charge on any atom is 0.306 e. The molecule has 0 radical (unpaired) electrons. The fourth-order valence-electron chi connectivity index (χ4n) is 4.53. The maximum absolute atomic E-state index is 12.8. The molecule has 2 N–H and O–H groups in total. The van der Waals surface area contributed by atoms with Gasteiger partial charge in [-0.05, 0) is 55.9 Å². The molecule has 0 spiro atoms. The summed E-state index contributed by atoms with van der Waals surface area (Å²) in [4.78, 5) is 24.4. The number of carbonyl (C=O) groups is 2.